The first kappa shape index (κ1) is 17.9. The van der Waals surface area contributed by atoms with Gasteiger partial charge in [-0.3, -0.25) is 4.90 Å². The van der Waals surface area contributed by atoms with Gasteiger partial charge in [0.05, 0.1) is 6.17 Å². The van der Waals surface area contributed by atoms with Crippen molar-refractivity contribution in [1.82, 2.24) is 4.90 Å². The van der Waals surface area contributed by atoms with Crippen molar-refractivity contribution in [1.29, 1.82) is 0 Å². The monoisotopic (exact) mass is 256 g/mol. The normalized spacial score (nSPS) is 13.2. The first-order valence-electron chi connectivity index (χ1n) is 8.10. The van der Waals surface area contributed by atoms with Crippen LogP contribution in [-0.2, 0) is 0 Å². The van der Waals surface area contributed by atoms with Crippen LogP contribution in [0.5, 0.6) is 0 Å². The van der Waals surface area contributed by atoms with Gasteiger partial charge in [-0.05, 0) is 20.5 Å². The molecule has 1 atom stereocenters. The molecular weight excluding hydrogens is 220 g/mol. The predicted molar refractivity (Wildman–Crippen MR) is 82.7 cm³/mol. The molecule has 0 radical (unpaired) electrons. The molecule has 2 nitrogen and oxygen atoms in total. The summed E-state index contributed by atoms with van der Waals surface area (Å²) >= 11 is 0. The molecule has 0 aromatic heterocycles. The highest BCUT2D eigenvalue weighted by atomic mass is 15.2. The van der Waals surface area contributed by atoms with E-state index in [1.54, 1.807) is 0 Å². The Hall–Kier alpha value is -0.0800. The first-order chi connectivity index (χ1) is 8.68. The minimum Gasteiger partial charge on any atom is -0.316 e. The van der Waals surface area contributed by atoms with Gasteiger partial charge in [0.25, 0.3) is 0 Å². The van der Waals surface area contributed by atoms with Crippen LogP contribution in [0.15, 0.2) is 0 Å². The van der Waals surface area contributed by atoms with Gasteiger partial charge in [-0.1, -0.05) is 77.6 Å². The van der Waals surface area contributed by atoms with Crippen LogP contribution in [0.4, 0.5) is 0 Å². The van der Waals surface area contributed by atoms with Gasteiger partial charge >= 0.3 is 0 Å². The van der Waals surface area contributed by atoms with Gasteiger partial charge in [-0.25, -0.2) is 0 Å². The predicted octanol–water partition coefficient (Wildman–Crippen LogP) is 4.53. The van der Waals surface area contributed by atoms with E-state index in [0.717, 1.165) is 6.42 Å². The Morgan fingerprint density at radius 2 is 1.11 bits per heavy atom. The molecule has 0 heterocycles. The Bertz CT molecular complexity index is 157. The Labute approximate surface area is 115 Å². The molecule has 0 aliphatic heterocycles. The molecule has 1 unspecified atom stereocenters. The molecule has 0 aliphatic carbocycles. The lowest BCUT2D eigenvalue weighted by molar-refractivity contribution is 0.278. The quantitative estimate of drug-likeness (QED) is 0.387. The van der Waals surface area contributed by atoms with Gasteiger partial charge in [0.2, 0.25) is 0 Å². The van der Waals surface area contributed by atoms with Crippen LogP contribution in [0.25, 0.3) is 0 Å². The summed E-state index contributed by atoms with van der Waals surface area (Å²) < 4.78 is 0. The number of hydrogen-bond donors (Lipinski definition) is 1. The maximum Gasteiger partial charge on any atom is 0.0566 e. The van der Waals surface area contributed by atoms with Crippen LogP contribution in [-0.4, -0.2) is 25.2 Å². The first-order valence-corrected chi connectivity index (χ1v) is 8.10. The second-order valence-electron chi connectivity index (χ2n) is 5.86. The molecule has 110 valence electrons. The third kappa shape index (κ3) is 12.4. The lowest BCUT2D eigenvalue weighted by Gasteiger charge is -2.19. The summed E-state index contributed by atoms with van der Waals surface area (Å²) in [4.78, 5) is 2.11. The molecule has 2 N–H and O–H groups in total. The molecule has 2 heteroatoms. The van der Waals surface area contributed by atoms with E-state index in [-0.39, 0.29) is 6.17 Å². The van der Waals surface area contributed by atoms with Crippen molar-refractivity contribution in [3.8, 4) is 0 Å². The maximum absolute atomic E-state index is 5.96. The number of nitrogens with zero attached hydrogens (tertiary/aromatic N) is 1. The summed E-state index contributed by atoms with van der Waals surface area (Å²) in [7, 11) is 4.12. The molecule has 0 saturated carbocycles. The molecule has 0 aromatic carbocycles. The molecule has 0 spiro atoms. The summed E-state index contributed by atoms with van der Waals surface area (Å²) in [5.41, 5.74) is 5.96. The van der Waals surface area contributed by atoms with Crippen LogP contribution >= 0.6 is 0 Å². The van der Waals surface area contributed by atoms with Gasteiger partial charge in [0.15, 0.2) is 0 Å². The largest absolute Gasteiger partial charge is 0.316 e. The maximum atomic E-state index is 5.96. The molecule has 0 aliphatic rings. The summed E-state index contributed by atoms with van der Waals surface area (Å²) in [6.07, 6.45) is 16.9. The Balaban J connectivity index is 3.03. The van der Waals surface area contributed by atoms with E-state index in [9.17, 15) is 0 Å². The zero-order chi connectivity index (χ0) is 13.6. The molecule has 0 rings (SSSR count). The second-order valence-corrected chi connectivity index (χ2v) is 5.86. The number of unbranched alkanes of at least 4 members (excludes halogenated alkanes) is 10. The summed E-state index contributed by atoms with van der Waals surface area (Å²) in [6, 6.07) is 0. The highest BCUT2D eigenvalue weighted by molar-refractivity contribution is 4.57. The van der Waals surface area contributed by atoms with Crippen molar-refractivity contribution < 1.29 is 0 Å². The van der Waals surface area contributed by atoms with E-state index in [0.29, 0.717) is 0 Å². The summed E-state index contributed by atoms with van der Waals surface area (Å²) in [6.45, 7) is 2.28. The molecule has 0 bridgehead atoms. The Kier molecular flexibility index (Phi) is 13.3. The van der Waals surface area contributed by atoms with E-state index < -0.39 is 0 Å². The van der Waals surface area contributed by atoms with Gasteiger partial charge < -0.3 is 5.73 Å². The molecule has 0 aromatic rings. The highest BCUT2D eigenvalue weighted by Crippen LogP contribution is 2.12. The van der Waals surface area contributed by atoms with Crippen molar-refractivity contribution in [2.75, 3.05) is 14.1 Å². The fourth-order valence-corrected chi connectivity index (χ4v) is 2.28. The Morgan fingerprint density at radius 3 is 1.50 bits per heavy atom. The molecule has 0 saturated heterocycles. The lowest BCUT2D eigenvalue weighted by Crippen LogP contribution is -2.35. The highest BCUT2D eigenvalue weighted by Gasteiger charge is 2.03. The standard InChI is InChI=1S/C16H36N2/c1-4-5-6-7-8-9-10-11-12-13-14-15-16(17)18(2)3/h16H,4-15,17H2,1-3H3. The number of nitrogens with two attached hydrogens (primary N) is 1. The molecule has 0 amide bonds. The molecule has 18 heavy (non-hydrogen) atoms. The van der Waals surface area contributed by atoms with Crippen molar-refractivity contribution >= 4 is 0 Å². The third-order valence-electron chi connectivity index (χ3n) is 3.77. The van der Waals surface area contributed by atoms with Crippen molar-refractivity contribution in [3.63, 3.8) is 0 Å². The topological polar surface area (TPSA) is 29.3 Å². The van der Waals surface area contributed by atoms with E-state index in [1.165, 1.54) is 70.6 Å². The minimum absolute atomic E-state index is 0.253. The van der Waals surface area contributed by atoms with Crippen LogP contribution in [0.3, 0.4) is 0 Å². The second kappa shape index (κ2) is 13.4. The molecule has 0 fully saturated rings. The van der Waals surface area contributed by atoms with Crippen LogP contribution in [0, 0.1) is 0 Å². The van der Waals surface area contributed by atoms with E-state index >= 15 is 0 Å². The van der Waals surface area contributed by atoms with E-state index in [4.69, 9.17) is 5.73 Å². The van der Waals surface area contributed by atoms with Crippen LogP contribution in [0.1, 0.15) is 84.0 Å². The zero-order valence-electron chi connectivity index (χ0n) is 13.1. The van der Waals surface area contributed by atoms with Crippen LogP contribution < -0.4 is 5.73 Å². The van der Waals surface area contributed by atoms with Crippen molar-refractivity contribution in [3.05, 3.63) is 0 Å². The number of rotatable bonds is 13. The van der Waals surface area contributed by atoms with Crippen molar-refractivity contribution in [2.45, 2.75) is 90.1 Å². The summed E-state index contributed by atoms with van der Waals surface area (Å²) in [5.74, 6) is 0. The average Bonchev–Trinajstić information content (AvgIpc) is 2.35. The van der Waals surface area contributed by atoms with E-state index in [1.807, 2.05) is 0 Å². The lowest BCUT2D eigenvalue weighted by atomic mass is 10.0. The Morgan fingerprint density at radius 1 is 0.722 bits per heavy atom. The van der Waals surface area contributed by atoms with Crippen molar-refractivity contribution in [2.24, 2.45) is 5.73 Å². The fraction of sp³-hybridized carbons (Fsp3) is 1.00. The zero-order valence-corrected chi connectivity index (χ0v) is 13.1. The third-order valence-corrected chi connectivity index (χ3v) is 3.77. The van der Waals surface area contributed by atoms with Crippen LogP contribution in [0.2, 0.25) is 0 Å². The van der Waals surface area contributed by atoms with Gasteiger partial charge in [-0.2, -0.15) is 0 Å². The van der Waals surface area contributed by atoms with Gasteiger partial charge in [-0.15, -0.1) is 0 Å². The fourth-order valence-electron chi connectivity index (χ4n) is 2.28. The SMILES string of the molecule is CCCCCCCCCCCCCC(N)N(C)C. The smallest absolute Gasteiger partial charge is 0.0566 e. The minimum atomic E-state index is 0.253. The van der Waals surface area contributed by atoms with Gasteiger partial charge in [0, 0.05) is 0 Å². The summed E-state index contributed by atoms with van der Waals surface area (Å²) in [5, 5.41) is 0. The molecular formula is C16H36N2. The number of hydrogen-bond acceptors (Lipinski definition) is 2. The van der Waals surface area contributed by atoms with E-state index in [2.05, 4.69) is 25.9 Å². The average molecular weight is 256 g/mol. The van der Waals surface area contributed by atoms with Gasteiger partial charge in [0.1, 0.15) is 0 Å².